The molecule has 0 aliphatic heterocycles. The van der Waals surface area contributed by atoms with E-state index in [1.807, 2.05) is 0 Å². The van der Waals surface area contributed by atoms with Gasteiger partial charge in [0.15, 0.2) is 0 Å². The number of carboxylic acid groups (broad SMARTS) is 1. The Labute approximate surface area is 135 Å². The Hall–Kier alpha value is -0.870. The summed E-state index contributed by atoms with van der Waals surface area (Å²) in [6.45, 7) is 2.19. The number of unbranched alkanes of at least 4 members (excludes halogenated alkanes) is 7. The highest BCUT2D eigenvalue weighted by molar-refractivity contribution is 5.66. The van der Waals surface area contributed by atoms with Crippen LogP contribution in [0.2, 0.25) is 0 Å². The third-order valence-corrected chi connectivity index (χ3v) is 3.80. The van der Waals surface area contributed by atoms with Crippen molar-refractivity contribution < 1.29 is 20.1 Å². The van der Waals surface area contributed by atoms with Gasteiger partial charge in [-0.05, 0) is 19.3 Å². The molecular formula is C18H34O4. The van der Waals surface area contributed by atoms with Gasteiger partial charge in [0, 0.05) is 6.42 Å². The van der Waals surface area contributed by atoms with E-state index in [0.717, 1.165) is 38.5 Å². The second kappa shape index (κ2) is 15.0. The maximum Gasteiger partial charge on any atom is 0.303 e. The van der Waals surface area contributed by atoms with E-state index in [1.54, 1.807) is 12.2 Å². The van der Waals surface area contributed by atoms with E-state index in [4.69, 9.17) is 5.11 Å². The number of hydrogen-bond acceptors (Lipinski definition) is 3. The molecule has 0 amide bonds. The minimum absolute atomic E-state index is 0.229. The molecule has 0 bridgehead atoms. The van der Waals surface area contributed by atoms with Crippen LogP contribution < -0.4 is 0 Å². The Kier molecular flexibility index (Phi) is 14.4. The molecule has 0 aromatic rings. The van der Waals surface area contributed by atoms with E-state index in [1.165, 1.54) is 19.3 Å². The Morgan fingerprint density at radius 2 is 1.27 bits per heavy atom. The lowest BCUT2D eigenvalue weighted by Crippen LogP contribution is -2.06. The fourth-order valence-electron chi connectivity index (χ4n) is 2.39. The number of aliphatic carboxylic acids is 1. The number of carboxylic acids is 1. The predicted octanol–water partition coefficient (Wildman–Crippen LogP) is 4.05. The molecule has 2 atom stereocenters. The van der Waals surface area contributed by atoms with Gasteiger partial charge in [0.1, 0.15) is 0 Å². The number of rotatable bonds is 15. The summed E-state index contributed by atoms with van der Waals surface area (Å²) in [6.07, 6.45) is 13.4. The van der Waals surface area contributed by atoms with Crippen LogP contribution in [0.5, 0.6) is 0 Å². The van der Waals surface area contributed by atoms with Crippen molar-refractivity contribution in [3.8, 4) is 0 Å². The van der Waals surface area contributed by atoms with Crippen LogP contribution >= 0.6 is 0 Å². The maximum absolute atomic E-state index is 10.3. The summed E-state index contributed by atoms with van der Waals surface area (Å²) in [7, 11) is 0. The normalized spacial score (nSPS) is 14.3. The largest absolute Gasteiger partial charge is 0.481 e. The molecule has 0 unspecified atom stereocenters. The van der Waals surface area contributed by atoms with E-state index < -0.39 is 18.2 Å². The van der Waals surface area contributed by atoms with Gasteiger partial charge >= 0.3 is 5.97 Å². The molecule has 0 spiro atoms. The molecule has 0 radical (unpaired) electrons. The SMILES string of the molecule is CCCCCCC[C@H](O)/C=C/[C@H](O)CCCCCCC(=O)O. The van der Waals surface area contributed by atoms with Gasteiger partial charge in [0.05, 0.1) is 12.2 Å². The number of hydrogen-bond donors (Lipinski definition) is 3. The van der Waals surface area contributed by atoms with Gasteiger partial charge in [-0.2, -0.15) is 0 Å². The van der Waals surface area contributed by atoms with Crippen molar-refractivity contribution in [3.05, 3.63) is 12.2 Å². The standard InChI is InChI=1S/C18H34O4/c1-2-3-4-5-8-11-16(19)14-15-17(20)12-9-6-7-10-13-18(21)22/h14-17,19-20H,2-13H2,1H3,(H,21,22)/b15-14+/t16-,17+/m0/s1. The summed E-state index contributed by atoms with van der Waals surface area (Å²) < 4.78 is 0. The first-order valence-corrected chi connectivity index (χ1v) is 8.82. The van der Waals surface area contributed by atoms with Crippen molar-refractivity contribution >= 4 is 5.97 Å². The topological polar surface area (TPSA) is 77.8 Å². The lowest BCUT2D eigenvalue weighted by Gasteiger charge is -2.08. The molecule has 0 heterocycles. The Morgan fingerprint density at radius 1 is 0.818 bits per heavy atom. The predicted molar refractivity (Wildman–Crippen MR) is 89.9 cm³/mol. The summed E-state index contributed by atoms with van der Waals surface area (Å²) in [5, 5.41) is 28.1. The van der Waals surface area contributed by atoms with Gasteiger partial charge in [-0.15, -0.1) is 0 Å². The summed E-state index contributed by atoms with van der Waals surface area (Å²) in [4.78, 5) is 10.3. The van der Waals surface area contributed by atoms with Crippen molar-refractivity contribution in [3.63, 3.8) is 0 Å². The van der Waals surface area contributed by atoms with E-state index in [0.29, 0.717) is 12.8 Å². The van der Waals surface area contributed by atoms with E-state index in [-0.39, 0.29) is 6.42 Å². The Morgan fingerprint density at radius 3 is 1.73 bits per heavy atom. The summed E-state index contributed by atoms with van der Waals surface area (Å²) >= 11 is 0. The van der Waals surface area contributed by atoms with Crippen LogP contribution in [0.25, 0.3) is 0 Å². The van der Waals surface area contributed by atoms with Gasteiger partial charge in [-0.25, -0.2) is 0 Å². The zero-order valence-corrected chi connectivity index (χ0v) is 14.0. The van der Waals surface area contributed by atoms with E-state index >= 15 is 0 Å². The van der Waals surface area contributed by atoms with E-state index in [9.17, 15) is 15.0 Å². The monoisotopic (exact) mass is 314 g/mol. The Balaban J connectivity index is 3.51. The van der Waals surface area contributed by atoms with Gasteiger partial charge in [0.25, 0.3) is 0 Å². The molecule has 0 saturated carbocycles. The molecule has 22 heavy (non-hydrogen) atoms. The van der Waals surface area contributed by atoms with E-state index in [2.05, 4.69) is 6.92 Å². The second-order valence-corrected chi connectivity index (χ2v) is 6.07. The highest BCUT2D eigenvalue weighted by Gasteiger charge is 2.03. The molecule has 0 aromatic carbocycles. The Bertz CT molecular complexity index is 289. The third kappa shape index (κ3) is 15.5. The van der Waals surface area contributed by atoms with Gasteiger partial charge in [-0.3, -0.25) is 4.79 Å². The molecular weight excluding hydrogens is 280 g/mol. The molecule has 0 rings (SSSR count). The number of carbonyl (C=O) groups is 1. The molecule has 130 valence electrons. The number of aliphatic hydroxyl groups excluding tert-OH is 2. The second-order valence-electron chi connectivity index (χ2n) is 6.07. The lowest BCUT2D eigenvalue weighted by atomic mass is 10.1. The minimum atomic E-state index is -0.744. The number of aliphatic hydroxyl groups is 2. The van der Waals surface area contributed by atoms with Crippen LogP contribution in [0, 0.1) is 0 Å². The average Bonchev–Trinajstić information content (AvgIpc) is 2.48. The molecule has 0 aliphatic rings. The molecule has 0 fully saturated rings. The molecule has 3 N–H and O–H groups in total. The van der Waals surface area contributed by atoms with Crippen molar-refractivity contribution in [1.29, 1.82) is 0 Å². The molecule has 4 heteroatoms. The average molecular weight is 314 g/mol. The van der Waals surface area contributed by atoms with Gasteiger partial charge < -0.3 is 15.3 Å². The van der Waals surface area contributed by atoms with Crippen LogP contribution in [-0.2, 0) is 4.79 Å². The van der Waals surface area contributed by atoms with Crippen LogP contribution in [0.4, 0.5) is 0 Å². The lowest BCUT2D eigenvalue weighted by molar-refractivity contribution is -0.137. The molecule has 4 nitrogen and oxygen atoms in total. The maximum atomic E-state index is 10.3. The van der Waals surface area contributed by atoms with Crippen molar-refractivity contribution in [2.24, 2.45) is 0 Å². The molecule has 0 saturated heterocycles. The van der Waals surface area contributed by atoms with Crippen LogP contribution in [0.3, 0.4) is 0 Å². The first-order valence-electron chi connectivity index (χ1n) is 8.82. The zero-order chi connectivity index (χ0) is 16.6. The molecule has 0 aromatic heterocycles. The van der Waals surface area contributed by atoms with Gasteiger partial charge in [0.2, 0.25) is 0 Å². The highest BCUT2D eigenvalue weighted by Crippen LogP contribution is 2.10. The van der Waals surface area contributed by atoms with Crippen molar-refractivity contribution in [1.82, 2.24) is 0 Å². The molecule has 0 aliphatic carbocycles. The summed E-state index contributed by atoms with van der Waals surface area (Å²) in [5.74, 6) is -0.744. The zero-order valence-electron chi connectivity index (χ0n) is 14.0. The third-order valence-electron chi connectivity index (χ3n) is 3.80. The fraction of sp³-hybridized carbons (Fsp3) is 0.833. The summed E-state index contributed by atoms with van der Waals surface area (Å²) in [5.41, 5.74) is 0. The van der Waals surface area contributed by atoms with Crippen LogP contribution in [-0.4, -0.2) is 33.5 Å². The summed E-state index contributed by atoms with van der Waals surface area (Å²) in [6, 6.07) is 0. The minimum Gasteiger partial charge on any atom is -0.481 e. The first kappa shape index (κ1) is 21.1. The van der Waals surface area contributed by atoms with Gasteiger partial charge in [-0.1, -0.05) is 70.4 Å². The van der Waals surface area contributed by atoms with Crippen molar-refractivity contribution in [2.75, 3.05) is 0 Å². The van der Waals surface area contributed by atoms with Crippen molar-refractivity contribution in [2.45, 2.75) is 96.2 Å². The van der Waals surface area contributed by atoms with Crippen LogP contribution in [0.15, 0.2) is 12.2 Å². The first-order chi connectivity index (χ1) is 10.6. The highest BCUT2D eigenvalue weighted by atomic mass is 16.4. The fourth-order valence-corrected chi connectivity index (χ4v) is 2.39. The quantitative estimate of drug-likeness (QED) is 0.315. The van der Waals surface area contributed by atoms with Crippen LogP contribution in [0.1, 0.15) is 84.0 Å². The smallest absolute Gasteiger partial charge is 0.303 e.